The Labute approximate surface area is 65.5 Å². The molecule has 0 aromatic carbocycles. The van der Waals surface area contributed by atoms with Gasteiger partial charge in [0.15, 0.2) is 0 Å². The molecule has 0 rings (SSSR count). The van der Waals surface area contributed by atoms with Gasteiger partial charge in [-0.15, -0.1) is 0 Å². The van der Waals surface area contributed by atoms with Gasteiger partial charge in [-0.3, -0.25) is 0 Å². The van der Waals surface area contributed by atoms with Crippen molar-refractivity contribution < 1.29 is 0 Å². The molecule has 0 radical (unpaired) electrons. The fourth-order valence-corrected chi connectivity index (χ4v) is 1.07. The Morgan fingerprint density at radius 3 is 1.22 bits per heavy atom. The third-order valence-electron chi connectivity index (χ3n) is 1.48. The normalized spacial score (nSPS) is 13.2. The summed E-state index contributed by atoms with van der Waals surface area (Å²) in [5, 5.41) is 0. The first-order valence-corrected chi connectivity index (χ1v) is 7.18. The summed E-state index contributed by atoms with van der Waals surface area (Å²) >= 11 is 3.22. The van der Waals surface area contributed by atoms with Crippen LogP contribution >= 0.6 is 5.81 Å². The molecule has 0 fully saturated rings. The van der Waals surface area contributed by atoms with E-state index in [1.165, 1.54) is 0 Å². The van der Waals surface area contributed by atoms with Crippen LogP contribution in [0.2, 0.25) is 0 Å². The van der Waals surface area contributed by atoms with E-state index in [1.807, 2.05) is 0 Å². The zero-order valence-electron chi connectivity index (χ0n) is 6.75. The first-order chi connectivity index (χ1) is 3.89. The zero-order chi connectivity index (χ0) is 7.65. The number of hydrogen-bond donors (Lipinski definition) is 0. The Kier molecular flexibility index (Phi) is 3.64. The van der Waals surface area contributed by atoms with Gasteiger partial charge in [-0.05, 0) is 0 Å². The standard InChI is InChI=1S/C5H15N2PSe/c1-6(2)8(5,9)7(3)4/h1-5H3. The Morgan fingerprint density at radius 2 is 1.22 bits per heavy atom. The summed E-state index contributed by atoms with van der Waals surface area (Å²) in [6.07, 6.45) is 0. The van der Waals surface area contributed by atoms with Gasteiger partial charge in [0, 0.05) is 0 Å². The Hall–Kier alpha value is 0.869. The van der Waals surface area contributed by atoms with E-state index in [4.69, 9.17) is 0 Å². The van der Waals surface area contributed by atoms with Crippen LogP contribution in [0.4, 0.5) is 0 Å². The molecule has 0 amide bonds. The third kappa shape index (κ3) is 2.53. The van der Waals surface area contributed by atoms with Crippen LogP contribution in [-0.2, 0) is 0 Å². The van der Waals surface area contributed by atoms with Crippen molar-refractivity contribution in [1.82, 2.24) is 9.34 Å². The maximum absolute atomic E-state index is 3.22. The molecule has 0 aliphatic carbocycles. The van der Waals surface area contributed by atoms with Crippen molar-refractivity contribution in [3.8, 4) is 0 Å². The van der Waals surface area contributed by atoms with Crippen molar-refractivity contribution in [2.24, 2.45) is 0 Å². The second-order valence-corrected chi connectivity index (χ2v) is 10.2. The molecule has 0 unspecified atom stereocenters. The second kappa shape index (κ2) is 3.32. The van der Waals surface area contributed by atoms with Gasteiger partial charge in [0.1, 0.15) is 0 Å². The monoisotopic (exact) mass is 214 g/mol. The van der Waals surface area contributed by atoms with Crippen molar-refractivity contribution in [3.63, 3.8) is 0 Å². The van der Waals surface area contributed by atoms with Gasteiger partial charge in [0.05, 0.1) is 0 Å². The average molecular weight is 213 g/mol. The van der Waals surface area contributed by atoms with Gasteiger partial charge >= 0.3 is 65.1 Å². The van der Waals surface area contributed by atoms with Crippen LogP contribution in [-0.4, -0.2) is 59.3 Å². The molecule has 0 aliphatic heterocycles. The molecule has 4 heteroatoms. The molecule has 0 aromatic heterocycles. The topological polar surface area (TPSA) is 6.48 Å². The molecule has 0 aromatic rings. The molecule has 0 heterocycles. The summed E-state index contributed by atoms with van der Waals surface area (Å²) in [6, 6.07) is 0. The first kappa shape index (κ1) is 9.87. The summed E-state index contributed by atoms with van der Waals surface area (Å²) in [6.45, 7) is 2.24. The molecular formula is C5H15N2PSe. The van der Waals surface area contributed by atoms with Crippen molar-refractivity contribution in [2.75, 3.05) is 34.9 Å². The van der Waals surface area contributed by atoms with Crippen LogP contribution in [0.5, 0.6) is 0 Å². The summed E-state index contributed by atoms with van der Waals surface area (Å²) < 4.78 is 4.49. The van der Waals surface area contributed by atoms with Crippen LogP contribution in [0, 0.1) is 0 Å². The minimum absolute atomic E-state index is 1.04. The predicted octanol–water partition coefficient (Wildman–Crippen LogP) is 0.670. The van der Waals surface area contributed by atoms with Crippen LogP contribution < -0.4 is 0 Å². The second-order valence-electron chi connectivity index (χ2n) is 2.53. The van der Waals surface area contributed by atoms with Crippen molar-refractivity contribution in [2.45, 2.75) is 0 Å². The Balaban J connectivity index is 4.21. The summed E-state index contributed by atoms with van der Waals surface area (Å²) in [7, 11) is 8.41. The summed E-state index contributed by atoms with van der Waals surface area (Å²) in [5.74, 6) is -1.04. The van der Waals surface area contributed by atoms with E-state index in [1.54, 1.807) is 0 Å². The molecule has 9 heavy (non-hydrogen) atoms. The van der Waals surface area contributed by atoms with Crippen LogP contribution in [0.25, 0.3) is 0 Å². The van der Waals surface area contributed by atoms with Gasteiger partial charge in [-0.2, -0.15) is 0 Å². The van der Waals surface area contributed by atoms with E-state index in [9.17, 15) is 0 Å². The Morgan fingerprint density at radius 1 is 1.00 bits per heavy atom. The molecule has 0 saturated heterocycles. The van der Waals surface area contributed by atoms with Crippen molar-refractivity contribution >= 4 is 20.9 Å². The number of hydrogen-bond acceptors (Lipinski definition) is 2. The van der Waals surface area contributed by atoms with E-state index in [-0.39, 0.29) is 0 Å². The van der Waals surface area contributed by atoms with Gasteiger partial charge in [0.2, 0.25) is 0 Å². The van der Waals surface area contributed by atoms with Gasteiger partial charge in [0.25, 0.3) is 0 Å². The maximum atomic E-state index is 3.22. The molecular weight excluding hydrogens is 198 g/mol. The van der Waals surface area contributed by atoms with Gasteiger partial charge in [-0.1, -0.05) is 0 Å². The summed E-state index contributed by atoms with van der Waals surface area (Å²) in [4.78, 5) is 0. The third-order valence-corrected chi connectivity index (χ3v) is 8.56. The van der Waals surface area contributed by atoms with E-state index < -0.39 is 5.81 Å². The summed E-state index contributed by atoms with van der Waals surface area (Å²) in [5.41, 5.74) is 0. The molecule has 0 N–H and O–H groups in total. The molecule has 0 aliphatic rings. The molecule has 0 spiro atoms. The zero-order valence-corrected chi connectivity index (χ0v) is 9.36. The minimum atomic E-state index is -1.04. The van der Waals surface area contributed by atoms with E-state index in [0.717, 1.165) is 0 Å². The SMILES string of the molecule is CN(C)P(C)(=[Se])N(C)C. The number of rotatable bonds is 2. The van der Waals surface area contributed by atoms with Crippen LogP contribution in [0.1, 0.15) is 0 Å². The fourth-order valence-electron chi connectivity index (χ4n) is 0.358. The van der Waals surface area contributed by atoms with Gasteiger partial charge < -0.3 is 0 Å². The fraction of sp³-hybridized carbons (Fsp3) is 1.00. The average Bonchev–Trinajstić information content (AvgIpc) is 1.65. The van der Waals surface area contributed by atoms with E-state index in [0.29, 0.717) is 0 Å². The van der Waals surface area contributed by atoms with E-state index in [2.05, 4.69) is 59.3 Å². The molecule has 0 saturated carbocycles. The molecule has 0 atom stereocenters. The van der Waals surface area contributed by atoms with Crippen LogP contribution in [0.15, 0.2) is 0 Å². The van der Waals surface area contributed by atoms with Crippen LogP contribution in [0.3, 0.4) is 0 Å². The predicted molar refractivity (Wildman–Crippen MR) is 46.0 cm³/mol. The Bertz CT molecular complexity index is 121. The molecule has 0 bridgehead atoms. The number of nitrogens with zero attached hydrogens (tertiary/aromatic N) is 2. The molecule has 2 nitrogen and oxygen atoms in total. The quantitative estimate of drug-likeness (QED) is 0.491. The van der Waals surface area contributed by atoms with E-state index >= 15 is 0 Å². The first-order valence-electron chi connectivity index (χ1n) is 2.82. The molecule has 56 valence electrons. The van der Waals surface area contributed by atoms with Crippen molar-refractivity contribution in [1.29, 1.82) is 0 Å². The van der Waals surface area contributed by atoms with Gasteiger partial charge in [-0.25, -0.2) is 0 Å². The van der Waals surface area contributed by atoms with Crippen molar-refractivity contribution in [3.05, 3.63) is 0 Å².